The minimum Gasteiger partial charge on any atom is -0.368 e. The first-order valence-electron chi connectivity index (χ1n) is 4.05. The lowest BCUT2D eigenvalue weighted by molar-refractivity contribution is -0.120. The van der Waals surface area contributed by atoms with Crippen molar-refractivity contribution in [1.29, 1.82) is 0 Å². The minimum absolute atomic E-state index is 0.178. The maximum absolute atomic E-state index is 10.7. The first-order chi connectivity index (χ1) is 5.00. The van der Waals surface area contributed by atoms with Crippen LogP contribution in [0.15, 0.2) is 0 Å². The van der Waals surface area contributed by atoms with Gasteiger partial charge in [0, 0.05) is 0 Å². The molecule has 0 heterocycles. The molecule has 66 valence electrons. The number of rotatable bonds is 4. The number of hydrogen-bond donors (Lipinski definition) is 2. The van der Waals surface area contributed by atoms with E-state index in [0.717, 1.165) is 6.42 Å². The average molecular weight is 158 g/mol. The Hall–Kier alpha value is -0.570. The molecule has 3 unspecified atom stereocenters. The Morgan fingerprint density at radius 2 is 1.91 bits per heavy atom. The molecule has 0 saturated heterocycles. The van der Waals surface area contributed by atoms with Crippen LogP contribution < -0.4 is 11.5 Å². The fourth-order valence-corrected chi connectivity index (χ4v) is 0.985. The molecule has 0 spiro atoms. The molecule has 0 aliphatic carbocycles. The molecule has 0 rings (SSSR count). The van der Waals surface area contributed by atoms with Crippen LogP contribution in [0.5, 0.6) is 0 Å². The Labute approximate surface area is 68.1 Å². The van der Waals surface area contributed by atoms with Crippen LogP contribution in [-0.2, 0) is 4.79 Å². The minimum atomic E-state index is -0.495. The third-order valence-corrected chi connectivity index (χ3v) is 2.44. The van der Waals surface area contributed by atoms with Gasteiger partial charge < -0.3 is 11.5 Å². The van der Waals surface area contributed by atoms with Crippen molar-refractivity contribution in [2.24, 2.45) is 23.3 Å². The monoisotopic (exact) mass is 158 g/mol. The molecule has 0 aromatic heterocycles. The van der Waals surface area contributed by atoms with E-state index in [1.54, 1.807) is 0 Å². The molecule has 3 nitrogen and oxygen atoms in total. The van der Waals surface area contributed by atoms with Gasteiger partial charge in [0.05, 0.1) is 6.04 Å². The second-order valence-electron chi connectivity index (χ2n) is 3.17. The summed E-state index contributed by atoms with van der Waals surface area (Å²) in [5.41, 5.74) is 10.6. The van der Waals surface area contributed by atoms with Crippen molar-refractivity contribution < 1.29 is 4.79 Å². The normalized spacial score (nSPS) is 18.9. The molecule has 0 aliphatic heterocycles. The molecule has 0 radical (unpaired) electrons. The maximum atomic E-state index is 10.7. The zero-order valence-corrected chi connectivity index (χ0v) is 7.50. The topological polar surface area (TPSA) is 69.1 Å². The van der Waals surface area contributed by atoms with Crippen molar-refractivity contribution >= 4 is 5.91 Å². The van der Waals surface area contributed by atoms with Gasteiger partial charge in [0.15, 0.2) is 0 Å². The van der Waals surface area contributed by atoms with Gasteiger partial charge in [0.2, 0.25) is 5.91 Å². The molecule has 3 atom stereocenters. The van der Waals surface area contributed by atoms with Crippen LogP contribution in [0.25, 0.3) is 0 Å². The molecule has 1 amide bonds. The fraction of sp³-hybridized carbons (Fsp3) is 0.875. The van der Waals surface area contributed by atoms with Crippen molar-refractivity contribution in [2.45, 2.75) is 33.2 Å². The zero-order chi connectivity index (χ0) is 9.02. The summed E-state index contributed by atoms with van der Waals surface area (Å²) in [5, 5.41) is 0. The largest absolute Gasteiger partial charge is 0.368 e. The number of hydrogen-bond acceptors (Lipinski definition) is 2. The molecule has 0 fully saturated rings. The van der Waals surface area contributed by atoms with Crippen LogP contribution in [0, 0.1) is 11.8 Å². The van der Waals surface area contributed by atoms with E-state index in [4.69, 9.17) is 11.5 Å². The predicted molar refractivity (Wildman–Crippen MR) is 45.8 cm³/mol. The van der Waals surface area contributed by atoms with Gasteiger partial charge in [-0.2, -0.15) is 0 Å². The lowest BCUT2D eigenvalue weighted by atomic mass is 9.87. The SMILES string of the molecule is CCC(C)C(C)C(N)C(N)=O. The van der Waals surface area contributed by atoms with E-state index in [9.17, 15) is 4.79 Å². The van der Waals surface area contributed by atoms with Gasteiger partial charge >= 0.3 is 0 Å². The Kier molecular flexibility index (Phi) is 4.11. The highest BCUT2D eigenvalue weighted by Gasteiger charge is 2.22. The summed E-state index contributed by atoms with van der Waals surface area (Å²) in [7, 11) is 0. The van der Waals surface area contributed by atoms with Crippen LogP contribution >= 0.6 is 0 Å². The van der Waals surface area contributed by atoms with Crippen LogP contribution in [0.1, 0.15) is 27.2 Å². The highest BCUT2D eigenvalue weighted by Crippen LogP contribution is 2.16. The Morgan fingerprint density at radius 1 is 1.45 bits per heavy atom. The zero-order valence-electron chi connectivity index (χ0n) is 7.50. The molecule has 0 saturated carbocycles. The summed E-state index contributed by atoms with van der Waals surface area (Å²) in [6.45, 7) is 6.12. The average Bonchev–Trinajstić information content (AvgIpc) is 2.00. The standard InChI is InChI=1S/C8H18N2O/c1-4-5(2)6(3)7(9)8(10)11/h5-7H,4,9H2,1-3H3,(H2,10,11). The number of nitrogens with two attached hydrogens (primary N) is 2. The molecular formula is C8H18N2O. The fourth-order valence-electron chi connectivity index (χ4n) is 0.985. The van der Waals surface area contributed by atoms with Gasteiger partial charge in [-0.25, -0.2) is 0 Å². The maximum Gasteiger partial charge on any atom is 0.234 e. The number of amides is 1. The van der Waals surface area contributed by atoms with Crippen molar-refractivity contribution in [1.82, 2.24) is 0 Å². The highest BCUT2D eigenvalue weighted by molar-refractivity contribution is 5.79. The van der Waals surface area contributed by atoms with Crippen molar-refractivity contribution in [3.05, 3.63) is 0 Å². The molecule has 3 heteroatoms. The molecule has 0 aliphatic rings. The van der Waals surface area contributed by atoms with Crippen LogP contribution in [-0.4, -0.2) is 11.9 Å². The summed E-state index contributed by atoms with van der Waals surface area (Å²) in [6, 6.07) is -0.495. The second-order valence-corrected chi connectivity index (χ2v) is 3.17. The van der Waals surface area contributed by atoms with Crippen molar-refractivity contribution in [3.8, 4) is 0 Å². The van der Waals surface area contributed by atoms with E-state index in [1.165, 1.54) is 0 Å². The third kappa shape index (κ3) is 2.89. The van der Waals surface area contributed by atoms with Gasteiger partial charge in [-0.05, 0) is 11.8 Å². The van der Waals surface area contributed by atoms with Crippen LogP contribution in [0.2, 0.25) is 0 Å². The van der Waals surface area contributed by atoms with E-state index in [1.807, 2.05) is 6.92 Å². The van der Waals surface area contributed by atoms with E-state index < -0.39 is 11.9 Å². The predicted octanol–water partition coefficient (Wildman–Crippen LogP) is 0.481. The van der Waals surface area contributed by atoms with Gasteiger partial charge in [-0.1, -0.05) is 27.2 Å². The quantitative estimate of drug-likeness (QED) is 0.625. The van der Waals surface area contributed by atoms with E-state index >= 15 is 0 Å². The van der Waals surface area contributed by atoms with E-state index in [-0.39, 0.29) is 5.92 Å². The van der Waals surface area contributed by atoms with Crippen LogP contribution in [0.4, 0.5) is 0 Å². The summed E-state index contributed by atoms with van der Waals surface area (Å²) < 4.78 is 0. The molecule has 0 aromatic rings. The van der Waals surface area contributed by atoms with Crippen molar-refractivity contribution in [3.63, 3.8) is 0 Å². The number of primary amides is 1. The summed E-state index contributed by atoms with van der Waals surface area (Å²) in [4.78, 5) is 10.7. The molecule has 11 heavy (non-hydrogen) atoms. The second kappa shape index (κ2) is 4.34. The van der Waals surface area contributed by atoms with E-state index in [0.29, 0.717) is 5.92 Å². The lowest BCUT2D eigenvalue weighted by Gasteiger charge is -2.22. The first-order valence-corrected chi connectivity index (χ1v) is 4.05. The highest BCUT2D eigenvalue weighted by atomic mass is 16.1. The summed E-state index contributed by atoms with van der Waals surface area (Å²) in [5.74, 6) is 0.229. The smallest absolute Gasteiger partial charge is 0.234 e. The van der Waals surface area contributed by atoms with Gasteiger partial charge in [-0.15, -0.1) is 0 Å². The molecule has 0 bridgehead atoms. The Bertz CT molecular complexity index is 136. The molecule has 0 aromatic carbocycles. The number of carbonyl (C=O) groups is 1. The lowest BCUT2D eigenvalue weighted by Crippen LogP contribution is -2.43. The first kappa shape index (κ1) is 10.4. The molecular weight excluding hydrogens is 140 g/mol. The Morgan fingerprint density at radius 3 is 2.18 bits per heavy atom. The number of carbonyl (C=O) groups excluding carboxylic acids is 1. The third-order valence-electron chi connectivity index (χ3n) is 2.44. The Balaban J connectivity index is 4.00. The molecule has 4 N–H and O–H groups in total. The van der Waals surface area contributed by atoms with E-state index in [2.05, 4.69) is 13.8 Å². The van der Waals surface area contributed by atoms with Crippen LogP contribution in [0.3, 0.4) is 0 Å². The summed E-state index contributed by atoms with van der Waals surface area (Å²) >= 11 is 0. The van der Waals surface area contributed by atoms with Gasteiger partial charge in [0.25, 0.3) is 0 Å². The van der Waals surface area contributed by atoms with Crippen molar-refractivity contribution in [2.75, 3.05) is 0 Å². The van der Waals surface area contributed by atoms with Gasteiger partial charge in [0.1, 0.15) is 0 Å². The summed E-state index contributed by atoms with van der Waals surface area (Å²) in [6.07, 6.45) is 1.03. The van der Waals surface area contributed by atoms with Gasteiger partial charge in [-0.3, -0.25) is 4.79 Å².